The molecule has 0 aliphatic rings. The van der Waals surface area contributed by atoms with E-state index in [9.17, 15) is 0 Å². The molecule has 0 aliphatic heterocycles. The van der Waals surface area contributed by atoms with E-state index in [0.717, 1.165) is 14.6 Å². The zero-order valence-corrected chi connectivity index (χ0v) is 10.1. The monoisotopic (exact) mass is 342 g/mol. The maximum absolute atomic E-state index is 5.47. The van der Waals surface area contributed by atoms with E-state index in [0.29, 0.717) is 0 Å². The number of hydrogen-bond donors (Lipinski definition) is 1. The Kier molecular flexibility index (Phi) is 3.36. The summed E-state index contributed by atoms with van der Waals surface area (Å²) >= 11 is 9.83. The molecule has 1 rings (SSSR count). The molecule has 0 atom stereocenters. The van der Waals surface area contributed by atoms with Crippen molar-refractivity contribution in [3.8, 4) is 0 Å². The number of rotatable bonds is 1. The summed E-state index contributed by atoms with van der Waals surface area (Å²) in [5, 5.41) is 0. The molecule has 0 spiro atoms. The van der Waals surface area contributed by atoms with E-state index in [1.165, 1.54) is 4.03 Å². The number of halogens is 3. The summed E-state index contributed by atoms with van der Waals surface area (Å²) in [4.78, 5) is 0. The summed E-state index contributed by atoms with van der Waals surface area (Å²) < 4.78 is 3.33. The molecule has 0 amide bonds. The fourth-order valence-corrected chi connectivity index (χ4v) is 2.44. The molecule has 0 saturated heterocycles. The zero-order chi connectivity index (χ0) is 8.43. The Bertz CT molecular complexity index is 262. The van der Waals surface area contributed by atoms with Crippen LogP contribution in [-0.2, 0) is 0 Å². The van der Waals surface area contributed by atoms with E-state index < -0.39 is 0 Å². The van der Waals surface area contributed by atoms with Crippen molar-refractivity contribution in [2.75, 3.05) is 4.03 Å². The predicted octanol–water partition coefficient (Wildman–Crippen LogP) is 3.20. The van der Waals surface area contributed by atoms with Crippen LogP contribution in [-0.4, -0.2) is 0 Å². The van der Waals surface area contributed by atoms with Crippen molar-refractivity contribution in [3.63, 3.8) is 0 Å². The van der Waals surface area contributed by atoms with Gasteiger partial charge in [0, 0.05) is 8.95 Å². The average molecular weight is 345 g/mol. The molecule has 60 valence electrons. The molecule has 0 heterocycles. The highest BCUT2D eigenvalue weighted by molar-refractivity contribution is 9.11. The smallest absolute Gasteiger partial charge is 0.0789 e. The van der Waals surface area contributed by atoms with Gasteiger partial charge in [-0.05, 0) is 34.1 Å². The number of nitrogens with zero attached hydrogens (tertiary/aromatic N) is 1. The number of hydrogen-bond acceptors (Lipinski definition) is 2. The van der Waals surface area contributed by atoms with E-state index in [1.54, 1.807) is 0 Å². The van der Waals surface area contributed by atoms with E-state index in [-0.39, 0.29) is 0 Å². The molecule has 1 aromatic carbocycles. The van der Waals surface area contributed by atoms with Gasteiger partial charge in [0.05, 0.1) is 21.8 Å². The van der Waals surface area contributed by atoms with Crippen LogP contribution in [0.4, 0.5) is 5.69 Å². The highest BCUT2D eigenvalue weighted by Gasteiger charge is 2.02. The number of anilines is 1. The van der Waals surface area contributed by atoms with Gasteiger partial charge in [0.15, 0.2) is 0 Å². The quantitative estimate of drug-likeness (QED) is 0.481. The van der Waals surface area contributed by atoms with Crippen LogP contribution < -0.4 is 9.88 Å². The third-order valence-electron chi connectivity index (χ3n) is 1.14. The molecule has 1 aromatic rings. The average Bonchev–Trinajstić information content (AvgIpc) is 1.85. The minimum Gasteiger partial charge on any atom is -0.244 e. The zero-order valence-electron chi connectivity index (χ0n) is 5.39. The van der Waals surface area contributed by atoms with Crippen LogP contribution in [0.3, 0.4) is 0 Å². The van der Waals surface area contributed by atoms with Gasteiger partial charge in [0.25, 0.3) is 0 Å². The Morgan fingerprint density at radius 3 is 2.36 bits per heavy atom. The Balaban J connectivity index is 3.09. The standard InChI is InChI=1S/C6H5Br3N2/c7-4-1-2-6(11(9)10)5(8)3-4/h1-3H,10H2. The van der Waals surface area contributed by atoms with Crippen molar-refractivity contribution in [1.29, 1.82) is 0 Å². The molecule has 0 saturated carbocycles. The highest BCUT2D eigenvalue weighted by atomic mass is 79.9. The Morgan fingerprint density at radius 2 is 1.91 bits per heavy atom. The van der Waals surface area contributed by atoms with Crippen LogP contribution in [0.2, 0.25) is 0 Å². The second-order valence-corrected chi connectivity index (χ2v) is 4.44. The molecule has 0 radical (unpaired) electrons. The predicted molar refractivity (Wildman–Crippen MR) is 57.4 cm³/mol. The van der Waals surface area contributed by atoms with Crippen LogP contribution in [0.25, 0.3) is 0 Å². The van der Waals surface area contributed by atoms with Crippen molar-refractivity contribution in [2.24, 2.45) is 5.84 Å². The maximum atomic E-state index is 5.47. The van der Waals surface area contributed by atoms with Gasteiger partial charge in [-0.2, -0.15) is 0 Å². The van der Waals surface area contributed by atoms with Crippen molar-refractivity contribution < 1.29 is 0 Å². The summed E-state index contributed by atoms with van der Waals surface area (Å²) in [7, 11) is 0. The Labute approximate surface area is 90.3 Å². The fourth-order valence-electron chi connectivity index (χ4n) is 0.655. The first kappa shape index (κ1) is 9.51. The SMILES string of the molecule is NN(Br)c1ccc(Br)cc1Br. The van der Waals surface area contributed by atoms with Gasteiger partial charge in [0.2, 0.25) is 0 Å². The third-order valence-corrected chi connectivity index (χ3v) is 2.65. The van der Waals surface area contributed by atoms with Gasteiger partial charge >= 0.3 is 0 Å². The topological polar surface area (TPSA) is 29.3 Å². The van der Waals surface area contributed by atoms with Gasteiger partial charge in [-0.25, -0.2) is 9.88 Å². The van der Waals surface area contributed by atoms with E-state index in [1.807, 2.05) is 18.2 Å². The number of nitrogens with two attached hydrogens (primary N) is 1. The third kappa shape index (κ3) is 2.43. The first-order valence-corrected chi connectivity index (χ1v) is 5.06. The lowest BCUT2D eigenvalue weighted by Crippen LogP contribution is -2.17. The molecule has 2 N–H and O–H groups in total. The lowest BCUT2D eigenvalue weighted by Gasteiger charge is -2.10. The van der Waals surface area contributed by atoms with Gasteiger partial charge in [-0.3, -0.25) is 0 Å². The maximum Gasteiger partial charge on any atom is 0.0789 e. The summed E-state index contributed by atoms with van der Waals surface area (Å²) in [5.74, 6) is 5.47. The molecule has 0 unspecified atom stereocenters. The normalized spacial score (nSPS) is 9.82. The van der Waals surface area contributed by atoms with Crippen molar-refractivity contribution >= 4 is 53.7 Å². The summed E-state index contributed by atoms with van der Waals surface area (Å²) in [5.41, 5.74) is 0.883. The Morgan fingerprint density at radius 1 is 1.27 bits per heavy atom. The molecule has 0 aromatic heterocycles. The molecule has 0 bridgehead atoms. The van der Waals surface area contributed by atoms with Crippen molar-refractivity contribution in [1.82, 2.24) is 0 Å². The van der Waals surface area contributed by atoms with Crippen LogP contribution >= 0.6 is 48.0 Å². The van der Waals surface area contributed by atoms with Crippen molar-refractivity contribution in [2.45, 2.75) is 0 Å². The van der Waals surface area contributed by atoms with Gasteiger partial charge < -0.3 is 0 Å². The van der Waals surface area contributed by atoms with Crippen LogP contribution in [0.15, 0.2) is 27.1 Å². The van der Waals surface area contributed by atoms with Crippen molar-refractivity contribution in [3.05, 3.63) is 27.1 Å². The largest absolute Gasteiger partial charge is 0.244 e. The molecule has 0 aliphatic carbocycles. The first-order valence-electron chi connectivity index (χ1n) is 2.77. The van der Waals surface area contributed by atoms with Crippen LogP contribution in [0.5, 0.6) is 0 Å². The van der Waals surface area contributed by atoms with Gasteiger partial charge in [-0.1, -0.05) is 15.9 Å². The van der Waals surface area contributed by atoms with Gasteiger partial charge in [0.1, 0.15) is 0 Å². The number of benzene rings is 1. The molecule has 2 nitrogen and oxygen atoms in total. The molecule has 5 heteroatoms. The summed E-state index contributed by atoms with van der Waals surface area (Å²) in [6.45, 7) is 0. The molecule has 11 heavy (non-hydrogen) atoms. The lowest BCUT2D eigenvalue weighted by atomic mass is 10.3. The first-order chi connectivity index (χ1) is 5.11. The van der Waals surface area contributed by atoms with E-state index in [2.05, 4.69) is 48.0 Å². The molecule has 0 fully saturated rings. The summed E-state index contributed by atoms with van der Waals surface area (Å²) in [6.07, 6.45) is 0. The number of hydrazine groups is 1. The minimum atomic E-state index is 0.883. The second-order valence-electron chi connectivity index (χ2n) is 1.91. The highest BCUT2D eigenvalue weighted by Crippen LogP contribution is 2.28. The minimum absolute atomic E-state index is 0.883. The Hall–Kier alpha value is 0.420. The summed E-state index contributed by atoms with van der Waals surface area (Å²) in [6, 6.07) is 5.74. The second kappa shape index (κ2) is 3.89. The molecular weight excluding hydrogens is 340 g/mol. The molecular formula is C6H5Br3N2. The van der Waals surface area contributed by atoms with E-state index >= 15 is 0 Å². The van der Waals surface area contributed by atoms with Crippen LogP contribution in [0.1, 0.15) is 0 Å². The van der Waals surface area contributed by atoms with Gasteiger partial charge in [-0.15, -0.1) is 0 Å². The van der Waals surface area contributed by atoms with E-state index in [4.69, 9.17) is 5.84 Å². The fraction of sp³-hybridized carbons (Fsp3) is 0. The van der Waals surface area contributed by atoms with Crippen LogP contribution in [0, 0.1) is 0 Å². The lowest BCUT2D eigenvalue weighted by molar-refractivity contribution is 1.22.